The van der Waals surface area contributed by atoms with Crippen molar-refractivity contribution in [1.82, 2.24) is 15.5 Å². The largest absolute Gasteiger partial charge is 0.339 e. The molecule has 20 heavy (non-hydrogen) atoms. The van der Waals surface area contributed by atoms with E-state index in [4.69, 9.17) is 16.1 Å². The number of aromatic nitrogens is 2. The third-order valence-corrected chi connectivity index (χ3v) is 3.61. The predicted molar refractivity (Wildman–Crippen MR) is 79.9 cm³/mol. The van der Waals surface area contributed by atoms with Crippen molar-refractivity contribution < 1.29 is 4.52 Å². The van der Waals surface area contributed by atoms with Crippen molar-refractivity contribution >= 4 is 11.6 Å². The Morgan fingerprint density at radius 2 is 1.95 bits per heavy atom. The summed E-state index contributed by atoms with van der Waals surface area (Å²) in [5.74, 6) is 1.91. The van der Waals surface area contributed by atoms with Crippen LogP contribution in [0, 0.1) is 5.92 Å². The van der Waals surface area contributed by atoms with Gasteiger partial charge in [0, 0.05) is 23.9 Å². The van der Waals surface area contributed by atoms with Gasteiger partial charge in [-0.25, -0.2) is 0 Å². The van der Waals surface area contributed by atoms with E-state index in [9.17, 15) is 0 Å². The second-order valence-electron chi connectivity index (χ2n) is 5.25. The van der Waals surface area contributed by atoms with Gasteiger partial charge in [0.05, 0.1) is 0 Å². The van der Waals surface area contributed by atoms with Gasteiger partial charge in [-0.3, -0.25) is 0 Å². The molecule has 0 aliphatic rings. The highest BCUT2D eigenvalue weighted by Crippen LogP contribution is 2.13. The monoisotopic (exact) mass is 293 g/mol. The fourth-order valence-corrected chi connectivity index (χ4v) is 2.21. The molecule has 0 saturated heterocycles. The summed E-state index contributed by atoms with van der Waals surface area (Å²) < 4.78 is 5.32. The maximum atomic E-state index is 5.86. The van der Waals surface area contributed by atoms with E-state index in [1.807, 2.05) is 31.3 Å². The summed E-state index contributed by atoms with van der Waals surface area (Å²) >= 11 is 5.86. The predicted octanol–water partition coefficient (Wildman–Crippen LogP) is 3.10. The van der Waals surface area contributed by atoms with Crippen molar-refractivity contribution in [2.45, 2.75) is 32.7 Å². The van der Waals surface area contributed by atoms with E-state index < -0.39 is 0 Å². The first-order valence-electron chi connectivity index (χ1n) is 6.81. The first-order valence-corrected chi connectivity index (χ1v) is 7.19. The number of nitrogens with one attached hydrogen (secondary N) is 1. The highest BCUT2D eigenvalue weighted by molar-refractivity contribution is 6.30. The van der Waals surface area contributed by atoms with Crippen LogP contribution in [-0.4, -0.2) is 23.2 Å². The second kappa shape index (κ2) is 6.86. The first kappa shape index (κ1) is 15.0. The zero-order valence-electron chi connectivity index (χ0n) is 12.1. The number of nitrogens with zero attached hydrogens (tertiary/aromatic N) is 2. The lowest BCUT2D eigenvalue weighted by Gasteiger charge is -2.17. The van der Waals surface area contributed by atoms with Gasteiger partial charge in [0.25, 0.3) is 0 Å². The fourth-order valence-electron chi connectivity index (χ4n) is 2.09. The van der Waals surface area contributed by atoms with Crippen molar-refractivity contribution in [2.75, 3.05) is 7.05 Å². The number of hydrogen-bond donors (Lipinski definition) is 1. The van der Waals surface area contributed by atoms with Crippen LogP contribution in [0.25, 0.3) is 0 Å². The van der Waals surface area contributed by atoms with Crippen LogP contribution < -0.4 is 5.32 Å². The summed E-state index contributed by atoms with van der Waals surface area (Å²) in [6.45, 7) is 4.35. The number of likely N-dealkylation sites (N-methyl/N-ethyl adjacent to an activating group) is 1. The molecule has 0 amide bonds. The molecule has 2 rings (SSSR count). The summed E-state index contributed by atoms with van der Waals surface area (Å²) in [7, 11) is 1.95. The van der Waals surface area contributed by atoms with Gasteiger partial charge in [-0.05, 0) is 30.7 Å². The van der Waals surface area contributed by atoms with Gasteiger partial charge in [-0.2, -0.15) is 4.98 Å². The fraction of sp³-hybridized carbons (Fsp3) is 0.467. The lowest BCUT2D eigenvalue weighted by Crippen LogP contribution is -2.32. The van der Waals surface area contributed by atoms with Crippen LogP contribution in [0.15, 0.2) is 28.8 Å². The maximum Gasteiger partial charge on any atom is 0.228 e. The Hall–Kier alpha value is -1.39. The molecular weight excluding hydrogens is 274 g/mol. The minimum atomic E-state index is 0.346. The van der Waals surface area contributed by atoms with Crippen LogP contribution in [0.5, 0.6) is 0 Å². The normalized spacial score (nSPS) is 12.8. The van der Waals surface area contributed by atoms with Crippen LogP contribution in [0.4, 0.5) is 0 Å². The van der Waals surface area contributed by atoms with Crippen LogP contribution in [0.2, 0.25) is 5.02 Å². The molecule has 1 N–H and O–H groups in total. The van der Waals surface area contributed by atoms with Crippen LogP contribution in [0.3, 0.4) is 0 Å². The molecule has 108 valence electrons. The number of rotatable bonds is 6. The molecule has 4 nitrogen and oxygen atoms in total. The SMILES string of the molecule is CNC(Cc1nc(Cc2ccc(Cl)cc2)no1)C(C)C. The Labute approximate surface area is 124 Å². The lowest BCUT2D eigenvalue weighted by molar-refractivity contribution is 0.333. The standard InChI is InChI=1S/C15H20ClN3O/c1-10(2)13(17-3)9-15-18-14(19-20-15)8-11-4-6-12(16)7-5-11/h4-7,10,13,17H,8-9H2,1-3H3. The number of benzene rings is 1. The third-order valence-electron chi connectivity index (χ3n) is 3.36. The highest BCUT2D eigenvalue weighted by atomic mass is 35.5. The molecule has 0 aliphatic carbocycles. The van der Waals surface area contributed by atoms with Gasteiger partial charge in [0.15, 0.2) is 5.82 Å². The second-order valence-corrected chi connectivity index (χ2v) is 5.69. The molecule has 0 bridgehead atoms. The van der Waals surface area contributed by atoms with E-state index >= 15 is 0 Å². The molecule has 1 aromatic carbocycles. The van der Waals surface area contributed by atoms with Gasteiger partial charge >= 0.3 is 0 Å². The van der Waals surface area contributed by atoms with E-state index in [0.717, 1.165) is 17.0 Å². The Bertz CT molecular complexity index is 536. The van der Waals surface area contributed by atoms with Crippen molar-refractivity contribution in [3.05, 3.63) is 46.6 Å². The first-order chi connectivity index (χ1) is 9.58. The van der Waals surface area contributed by atoms with E-state index in [0.29, 0.717) is 30.1 Å². The Morgan fingerprint density at radius 3 is 2.55 bits per heavy atom. The summed E-state index contributed by atoms with van der Waals surface area (Å²) in [4.78, 5) is 4.45. The molecule has 0 spiro atoms. The molecule has 0 saturated carbocycles. The summed E-state index contributed by atoms with van der Waals surface area (Å²) in [6.07, 6.45) is 1.41. The summed E-state index contributed by atoms with van der Waals surface area (Å²) in [5, 5.41) is 8.04. The van der Waals surface area contributed by atoms with Gasteiger partial charge in [0.2, 0.25) is 5.89 Å². The molecular formula is C15H20ClN3O. The number of halogens is 1. The number of hydrogen-bond acceptors (Lipinski definition) is 4. The maximum absolute atomic E-state index is 5.86. The Kier molecular flexibility index (Phi) is 5.15. The molecule has 1 atom stereocenters. The van der Waals surface area contributed by atoms with Crippen LogP contribution in [0.1, 0.15) is 31.1 Å². The average molecular weight is 294 g/mol. The van der Waals surface area contributed by atoms with Gasteiger partial charge in [-0.15, -0.1) is 0 Å². The molecule has 0 fully saturated rings. The molecule has 5 heteroatoms. The lowest BCUT2D eigenvalue weighted by atomic mass is 10.0. The zero-order chi connectivity index (χ0) is 14.5. The topological polar surface area (TPSA) is 51.0 Å². The average Bonchev–Trinajstić information content (AvgIpc) is 2.86. The van der Waals surface area contributed by atoms with Gasteiger partial charge < -0.3 is 9.84 Å². The smallest absolute Gasteiger partial charge is 0.228 e. The van der Waals surface area contributed by atoms with Crippen molar-refractivity contribution in [3.8, 4) is 0 Å². The van der Waals surface area contributed by atoms with Crippen LogP contribution >= 0.6 is 11.6 Å². The minimum Gasteiger partial charge on any atom is -0.339 e. The van der Waals surface area contributed by atoms with Gasteiger partial charge in [-0.1, -0.05) is 42.7 Å². The van der Waals surface area contributed by atoms with E-state index in [2.05, 4.69) is 29.3 Å². The minimum absolute atomic E-state index is 0.346. The Morgan fingerprint density at radius 1 is 1.25 bits per heavy atom. The van der Waals surface area contributed by atoms with Crippen LogP contribution in [-0.2, 0) is 12.8 Å². The quantitative estimate of drug-likeness (QED) is 0.889. The Balaban J connectivity index is 2.00. The molecule has 0 radical (unpaired) electrons. The highest BCUT2D eigenvalue weighted by Gasteiger charge is 2.16. The summed E-state index contributed by atoms with van der Waals surface area (Å²) in [5.41, 5.74) is 1.12. The van der Waals surface area contributed by atoms with E-state index in [1.54, 1.807) is 0 Å². The van der Waals surface area contributed by atoms with Gasteiger partial charge in [0.1, 0.15) is 0 Å². The third kappa shape index (κ3) is 4.05. The molecule has 1 heterocycles. The van der Waals surface area contributed by atoms with Crippen molar-refractivity contribution in [3.63, 3.8) is 0 Å². The van der Waals surface area contributed by atoms with Crippen molar-refractivity contribution in [2.24, 2.45) is 5.92 Å². The molecule has 1 aromatic heterocycles. The molecule has 2 aromatic rings. The van der Waals surface area contributed by atoms with E-state index in [-0.39, 0.29) is 0 Å². The van der Waals surface area contributed by atoms with E-state index in [1.165, 1.54) is 0 Å². The summed E-state index contributed by atoms with van der Waals surface area (Å²) in [6, 6.07) is 8.03. The zero-order valence-corrected chi connectivity index (χ0v) is 12.8. The molecule has 1 unspecified atom stereocenters. The molecule has 0 aliphatic heterocycles. The van der Waals surface area contributed by atoms with Crippen molar-refractivity contribution in [1.29, 1.82) is 0 Å².